The van der Waals surface area contributed by atoms with E-state index in [1.165, 1.54) is 5.56 Å². The van der Waals surface area contributed by atoms with Gasteiger partial charge in [0, 0.05) is 33.0 Å². The number of fused-ring (bicyclic) bond motifs is 3. The molecule has 10 aromatic carbocycles. The minimum atomic E-state index is 0.564. The highest BCUT2D eigenvalue weighted by atomic mass is 16.3. The molecule has 0 amide bonds. The molecule has 314 valence electrons. The fraction of sp³-hybridized carbons (Fsp3) is 0. The van der Waals surface area contributed by atoms with Crippen molar-refractivity contribution < 1.29 is 4.42 Å². The SMILES string of the molecule is c1ccc(-c2ccc(-c3nc(-c4cc(-c5ccccc5)cc(-c5ccccc5)c4)nc(-c4cccc5oc6c(-c7ccc(-c8ccccc8)cc7-c7ccccc7)cccc6c45)n3)cc2)cc1. The van der Waals surface area contributed by atoms with Gasteiger partial charge in [-0.25, -0.2) is 15.0 Å². The lowest BCUT2D eigenvalue weighted by molar-refractivity contribution is 0.670. The Kier molecular flexibility index (Phi) is 10.2. The van der Waals surface area contributed by atoms with Crippen LogP contribution in [0.25, 0.3) is 123 Å². The average Bonchev–Trinajstić information content (AvgIpc) is 3.81. The zero-order valence-electron chi connectivity index (χ0n) is 36.4. The van der Waals surface area contributed by atoms with Crippen molar-refractivity contribution in [3.8, 4) is 101 Å². The number of para-hydroxylation sites is 1. The summed E-state index contributed by atoms with van der Waals surface area (Å²) in [5.41, 5.74) is 17.6. The predicted octanol–water partition coefficient (Wildman–Crippen LogP) is 16.8. The maximum absolute atomic E-state index is 6.95. The summed E-state index contributed by atoms with van der Waals surface area (Å²) in [5, 5.41) is 1.94. The first-order chi connectivity index (χ1) is 33.2. The molecule has 12 rings (SSSR count). The molecule has 0 saturated heterocycles. The zero-order valence-corrected chi connectivity index (χ0v) is 36.4. The van der Waals surface area contributed by atoms with Crippen molar-refractivity contribution >= 4 is 21.9 Å². The van der Waals surface area contributed by atoms with E-state index in [0.29, 0.717) is 17.5 Å². The topological polar surface area (TPSA) is 51.8 Å². The summed E-state index contributed by atoms with van der Waals surface area (Å²) in [4.78, 5) is 16.0. The van der Waals surface area contributed by atoms with Crippen molar-refractivity contribution in [1.29, 1.82) is 0 Å². The van der Waals surface area contributed by atoms with E-state index >= 15 is 0 Å². The van der Waals surface area contributed by atoms with Gasteiger partial charge in [0.1, 0.15) is 11.2 Å². The molecule has 0 bridgehead atoms. The quantitative estimate of drug-likeness (QED) is 0.145. The average molecular weight is 856 g/mol. The van der Waals surface area contributed by atoms with Gasteiger partial charge in [0.2, 0.25) is 0 Å². The Balaban J connectivity index is 1.06. The molecule has 0 N–H and O–H groups in total. The Morgan fingerprint density at radius 3 is 1.27 bits per heavy atom. The van der Waals surface area contributed by atoms with Crippen LogP contribution in [0.15, 0.2) is 253 Å². The van der Waals surface area contributed by atoms with E-state index in [1.54, 1.807) is 0 Å². The first kappa shape index (κ1) is 39.6. The van der Waals surface area contributed by atoms with Crippen molar-refractivity contribution in [1.82, 2.24) is 15.0 Å². The molecular formula is C63H41N3O. The number of benzene rings is 10. The van der Waals surface area contributed by atoms with Crippen LogP contribution in [0.5, 0.6) is 0 Å². The predicted molar refractivity (Wildman–Crippen MR) is 276 cm³/mol. The van der Waals surface area contributed by atoms with E-state index in [1.807, 2.05) is 30.3 Å². The first-order valence-corrected chi connectivity index (χ1v) is 22.6. The van der Waals surface area contributed by atoms with Crippen LogP contribution in [-0.4, -0.2) is 15.0 Å². The summed E-state index contributed by atoms with van der Waals surface area (Å²) in [5.74, 6) is 1.73. The molecular weight excluding hydrogens is 815 g/mol. The van der Waals surface area contributed by atoms with E-state index in [0.717, 1.165) is 99.8 Å². The Hall–Kier alpha value is -8.99. The van der Waals surface area contributed by atoms with Crippen molar-refractivity contribution in [2.75, 3.05) is 0 Å². The lowest BCUT2D eigenvalue weighted by Gasteiger charge is -2.14. The van der Waals surface area contributed by atoms with Crippen LogP contribution in [-0.2, 0) is 0 Å². The van der Waals surface area contributed by atoms with Gasteiger partial charge in [-0.05, 0) is 91.5 Å². The third-order valence-corrected chi connectivity index (χ3v) is 12.6. The molecule has 0 aliphatic carbocycles. The lowest BCUT2D eigenvalue weighted by atomic mass is 9.90. The van der Waals surface area contributed by atoms with Gasteiger partial charge in [0.25, 0.3) is 0 Å². The normalized spacial score (nSPS) is 11.3. The van der Waals surface area contributed by atoms with Crippen molar-refractivity contribution in [2.24, 2.45) is 0 Å². The highest BCUT2D eigenvalue weighted by molar-refractivity contribution is 6.15. The molecule has 0 spiro atoms. The molecule has 0 radical (unpaired) electrons. The van der Waals surface area contributed by atoms with Crippen LogP contribution >= 0.6 is 0 Å². The summed E-state index contributed by atoms with van der Waals surface area (Å²) in [6, 6.07) is 87.0. The smallest absolute Gasteiger partial charge is 0.164 e. The molecule has 4 heteroatoms. The standard InChI is InChI=1S/C63H41N3O/c1-6-18-42(19-7-1)46-32-34-48(35-33-46)61-64-62(52-39-50(44-22-10-3-11-23-44)38-51(40-52)45-24-12-4-13-25-45)66-63(65-61)56-30-17-31-58-59(56)55-29-16-28-54(60(55)67-58)53-37-36-49(43-20-8-2-9-21-43)41-57(53)47-26-14-5-15-27-47/h1-41H. The van der Waals surface area contributed by atoms with Crippen LogP contribution < -0.4 is 0 Å². The zero-order chi connectivity index (χ0) is 44.5. The third-order valence-electron chi connectivity index (χ3n) is 12.6. The van der Waals surface area contributed by atoms with Crippen LogP contribution in [0, 0.1) is 0 Å². The largest absolute Gasteiger partial charge is 0.455 e. The molecule has 2 aromatic heterocycles. The van der Waals surface area contributed by atoms with Crippen LogP contribution in [0.1, 0.15) is 0 Å². The second-order valence-electron chi connectivity index (χ2n) is 16.7. The van der Waals surface area contributed by atoms with Gasteiger partial charge in [-0.1, -0.05) is 218 Å². The highest BCUT2D eigenvalue weighted by Gasteiger charge is 2.22. The van der Waals surface area contributed by atoms with E-state index in [2.05, 4.69) is 218 Å². The number of furan rings is 1. The Bertz CT molecular complexity index is 3640. The molecule has 0 unspecified atom stereocenters. The Morgan fingerprint density at radius 1 is 0.239 bits per heavy atom. The summed E-state index contributed by atoms with van der Waals surface area (Å²) in [7, 11) is 0. The molecule has 12 aromatic rings. The lowest BCUT2D eigenvalue weighted by Crippen LogP contribution is -2.01. The maximum atomic E-state index is 6.95. The molecule has 0 aliphatic rings. The molecule has 0 aliphatic heterocycles. The van der Waals surface area contributed by atoms with E-state index in [4.69, 9.17) is 19.4 Å². The van der Waals surface area contributed by atoms with Gasteiger partial charge in [0.15, 0.2) is 17.5 Å². The van der Waals surface area contributed by atoms with Crippen molar-refractivity contribution in [2.45, 2.75) is 0 Å². The molecule has 0 atom stereocenters. The number of hydrogen-bond acceptors (Lipinski definition) is 4. The minimum Gasteiger partial charge on any atom is -0.455 e. The monoisotopic (exact) mass is 855 g/mol. The minimum absolute atomic E-state index is 0.564. The molecule has 4 nitrogen and oxygen atoms in total. The summed E-state index contributed by atoms with van der Waals surface area (Å²) >= 11 is 0. The summed E-state index contributed by atoms with van der Waals surface area (Å²) in [6.45, 7) is 0. The molecule has 67 heavy (non-hydrogen) atoms. The summed E-state index contributed by atoms with van der Waals surface area (Å²) in [6.07, 6.45) is 0. The third kappa shape index (κ3) is 7.67. The first-order valence-electron chi connectivity index (χ1n) is 22.6. The number of rotatable bonds is 9. The van der Waals surface area contributed by atoms with E-state index < -0.39 is 0 Å². The number of aromatic nitrogens is 3. The molecule has 2 heterocycles. The van der Waals surface area contributed by atoms with Gasteiger partial charge >= 0.3 is 0 Å². The van der Waals surface area contributed by atoms with Gasteiger partial charge < -0.3 is 4.42 Å². The maximum Gasteiger partial charge on any atom is 0.164 e. The Labute approximate surface area is 389 Å². The second-order valence-corrected chi connectivity index (χ2v) is 16.7. The van der Waals surface area contributed by atoms with Gasteiger partial charge in [0.05, 0.1) is 0 Å². The highest BCUT2D eigenvalue weighted by Crippen LogP contribution is 2.44. The van der Waals surface area contributed by atoms with Crippen LogP contribution in [0.3, 0.4) is 0 Å². The fourth-order valence-electron chi connectivity index (χ4n) is 9.24. The van der Waals surface area contributed by atoms with E-state index in [-0.39, 0.29) is 0 Å². The van der Waals surface area contributed by atoms with Gasteiger partial charge in [-0.15, -0.1) is 0 Å². The van der Waals surface area contributed by atoms with Crippen LogP contribution in [0.4, 0.5) is 0 Å². The fourth-order valence-corrected chi connectivity index (χ4v) is 9.24. The molecule has 0 saturated carbocycles. The second kappa shape index (κ2) is 17.2. The van der Waals surface area contributed by atoms with Crippen molar-refractivity contribution in [3.63, 3.8) is 0 Å². The van der Waals surface area contributed by atoms with E-state index in [9.17, 15) is 0 Å². The summed E-state index contributed by atoms with van der Waals surface area (Å²) < 4.78 is 6.95. The number of nitrogens with zero attached hydrogens (tertiary/aromatic N) is 3. The Morgan fingerprint density at radius 2 is 0.672 bits per heavy atom. The molecule has 0 fully saturated rings. The van der Waals surface area contributed by atoms with Crippen LogP contribution in [0.2, 0.25) is 0 Å². The van der Waals surface area contributed by atoms with Crippen molar-refractivity contribution in [3.05, 3.63) is 249 Å². The van der Waals surface area contributed by atoms with Gasteiger partial charge in [-0.3, -0.25) is 0 Å². The van der Waals surface area contributed by atoms with Gasteiger partial charge in [-0.2, -0.15) is 0 Å². The number of hydrogen-bond donors (Lipinski definition) is 0.